The van der Waals surface area contributed by atoms with E-state index < -0.39 is 7.25 Å². The Morgan fingerprint density at radius 1 is 0.684 bits per heavy atom. The molecule has 0 saturated carbocycles. The van der Waals surface area contributed by atoms with Crippen molar-refractivity contribution in [2.24, 2.45) is 0 Å². The van der Waals surface area contributed by atoms with Crippen LogP contribution in [-0.4, -0.2) is 28.1 Å². The van der Waals surface area contributed by atoms with Crippen molar-refractivity contribution in [3.05, 3.63) is 84.9 Å². The Labute approximate surface area is 219 Å². The lowest BCUT2D eigenvalue weighted by atomic mass is 10.0. The van der Waals surface area contributed by atoms with Crippen LogP contribution in [-0.2, 0) is 0 Å². The molecule has 38 heavy (non-hydrogen) atoms. The van der Waals surface area contributed by atoms with Crippen molar-refractivity contribution in [1.82, 2.24) is 0 Å². The summed E-state index contributed by atoms with van der Waals surface area (Å²) in [4.78, 5) is 0. The average Bonchev–Trinajstić information content (AvgIpc) is 2.92. The van der Waals surface area contributed by atoms with Crippen LogP contribution < -0.4 is 14.2 Å². The summed E-state index contributed by atoms with van der Waals surface area (Å²) in [5, 5.41) is 0. The lowest BCUT2D eigenvalue weighted by Crippen LogP contribution is -2.02. The molecule has 0 aliphatic heterocycles. The largest absolute Gasteiger partial charge is 0.673 e. The number of ether oxygens (including phenoxy) is 3. The number of unbranched alkanes of at least 4 members (excludes halogenated alkanes) is 1. The highest BCUT2D eigenvalue weighted by Gasteiger charge is 2.25. The van der Waals surface area contributed by atoms with Gasteiger partial charge in [0, 0.05) is 5.56 Å². The molecule has 0 N–H and O–H groups in total. The van der Waals surface area contributed by atoms with Crippen LogP contribution in [0.25, 0.3) is 33.8 Å². The van der Waals surface area contributed by atoms with Gasteiger partial charge in [-0.25, -0.2) is 4.42 Å². The molecule has 4 nitrogen and oxygen atoms in total. The molecule has 4 rings (SSSR count). The highest BCUT2D eigenvalue weighted by atomic mass is 19.5. The fraction of sp³-hybridized carbons (Fsp3) is 0.207. The number of halogens is 4. The van der Waals surface area contributed by atoms with E-state index in [4.69, 9.17) is 18.6 Å². The minimum Gasteiger partial charge on any atom is -0.496 e. The predicted octanol–water partition coefficient (Wildman–Crippen LogP) is 9.06. The van der Waals surface area contributed by atoms with Gasteiger partial charge >= 0.3 is 18.8 Å². The summed E-state index contributed by atoms with van der Waals surface area (Å²) in [5.74, 6) is 3.82. The van der Waals surface area contributed by atoms with Crippen LogP contribution in [0, 0.1) is 0 Å². The molecule has 0 fully saturated rings. The molecule has 0 saturated heterocycles. The standard InChI is InChI=1S/C29H29O4.BF4/c1-4-5-18-32-23-16-14-21(15-17-23)22-19-28(24-10-6-8-12-26(24)30-2)33-29(20-22)25-11-7-9-13-27(25)31-3;2-1(3,4)5/h6-17,19-20H,4-5,18H2,1-3H3;/q+1;-1. The minimum absolute atomic E-state index is 0.717. The van der Waals surface area contributed by atoms with E-state index >= 15 is 0 Å². The van der Waals surface area contributed by atoms with Gasteiger partial charge in [0.05, 0.1) is 33.0 Å². The van der Waals surface area contributed by atoms with Crippen molar-refractivity contribution < 1.29 is 35.9 Å². The quantitative estimate of drug-likeness (QED) is 0.0941. The first-order valence-corrected chi connectivity index (χ1v) is 12.1. The molecule has 4 aromatic rings. The summed E-state index contributed by atoms with van der Waals surface area (Å²) in [6.45, 7) is 2.89. The van der Waals surface area contributed by atoms with Gasteiger partial charge in [-0.1, -0.05) is 49.7 Å². The van der Waals surface area contributed by atoms with Gasteiger partial charge in [-0.3, -0.25) is 0 Å². The Bertz CT molecular complexity index is 1240. The normalized spacial score (nSPS) is 10.8. The van der Waals surface area contributed by atoms with Crippen molar-refractivity contribution in [3.8, 4) is 51.0 Å². The van der Waals surface area contributed by atoms with Crippen LogP contribution in [0.5, 0.6) is 17.2 Å². The van der Waals surface area contributed by atoms with Crippen molar-refractivity contribution in [2.45, 2.75) is 19.8 Å². The molecular weight excluding hydrogens is 499 g/mol. The molecule has 0 radical (unpaired) electrons. The van der Waals surface area contributed by atoms with Crippen molar-refractivity contribution >= 4 is 7.25 Å². The molecule has 0 unspecified atom stereocenters. The summed E-state index contributed by atoms with van der Waals surface area (Å²) < 4.78 is 62.4. The van der Waals surface area contributed by atoms with Crippen molar-refractivity contribution in [1.29, 1.82) is 0 Å². The molecule has 9 heteroatoms. The molecule has 0 aliphatic carbocycles. The van der Waals surface area contributed by atoms with Gasteiger partial charge in [-0.15, -0.1) is 0 Å². The third-order valence-electron chi connectivity index (χ3n) is 5.49. The molecule has 1 aromatic heterocycles. The van der Waals surface area contributed by atoms with Crippen molar-refractivity contribution in [2.75, 3.05) is 20.8 Å². The average molecular weight is 528 g/mol. The van der Waals surface area contributed by atoms with Crippen molar-refractivity contribution in [3.63, 3.8) is 0 Å². The van der Waals surface area contributed by atoms with Gasteiger partial charge in [-0.05, 0) is 48.4 Å². The van der Waals surface area contributed by atoms with E-state index in [1.54, 1.807) is 14.2 Å². The molecule has 0 aliphatic rings. The molecular formula is C29H29BF4O4. The smallest absolute Gasteiger partial charge is 0.496 e. The number of benzene rings is 3. The molecule has 0 spiro atoms. The maximum Gasteiger partial charge on any atom is 0.673 e. The van der Waals surface area contributed by atoms with Crippen LogP contribution in [0.1, 0.15) is 19.8 Å². The van der Waals surface area contributed by atoms with Crippen LogP contribution in [0.4, 0.5) is 17.3 Å². The minimum atomic E-state index is -6.00. The first-order chi connectivity index (χ1) is 18.2. The van der Waals surface area contributed by atoms with E-state index in [9.17, 15) is 17.3 Å². The topological polar surface area (TPSA) is 39.0 Å². The predicted molar refractivity (Wildman–Crippen MR) is 143 cm³/mol. The van der Waals surface area contributed by atoms with E-state index in [-0.39, 0.29) is 0 Å². The monoisotopic (exact) mass is 528 g/mol. The fourth-order valence-corrected chi connectivity index (χ4v) is 3.71. The van der Waals surface area contributed by atoms with E-state index in [2.05, 4.69) is 19.1 Å². The molecule has 200 valence electrons. The van der Waals surface area contributed by atoms with Gasteiger partial charge in [-0.2, -0.15) is 0 Å². The molecule has 0 bridgehead atoms. The van der Waals surface area contributed by atoms with Crippen LogP contribution >= 0.6 is 0 Å². The van der Waals surface area contributed by atoms with Gasteiger partial charge in [0.1, 0.15) is 28.4 Å². The van der Waals surface area contributed by atoms with Crippen LogP contribution in [0.3, 0.4) is 0 Å². The van der Waals surface area contributed by atoms with Gasteiger partial charge in [0.2, 0.25) is 0 Å². The summed E-state index contributed by atoms with van der Waals surface area (Å²) in [6.07, 6.45) is 2.16. The molecule has 1 heterocycles. The van der Waals surface area contributed by atoms with Gasteiger partial charge in [0.15, 0.2) is 0 Å². The summed E-state index contributed by atoms with van der Waals surface area (Å²) >= 11 is 0. The van der Waals surface area contributed by atoms with Gasteiger partial charge < -0.3 is 31.5 Å². The lowest BCUT2D eigenvalue weighted by molar-refractivity contribution is 0.309. The number of para-hydroxylation sites is 2. The number of hydrogen-bond acceptors (Lipinski definition) is 3. The second-order valence-corrected chi connectivity index (χ2v) is 8.20. The molecule has 0 amide bonds. The Balaban J connectivity index is 0.000000732. The Morgan fingerprint density at radius 3 is 1.61 bits per heavy atom. The molecule has 0 atom stereocenters. The molecule has 3 aromatic carbocycles. The Morgan fingerprint density at radius 2 is 1.16 bits per heavy atom. The van der Waals surface area contributed by atoms with Crippen LogP contribution in [0.15, 0.2) is 89.3 Å². The maximum atomic E-state index is 9.75. The second-order valence-electron chi connectivity index (χ2n) is 8.20. The zero-order chi connectivity index (χ0) is 27.5. The first kappa shape index (κ1) is 28.6. The van der Waals surface area contributed by atoms with E-state index in [1.165, 1.54) is 0 Å². The van der Waals surface area contributed by atoms with Gasteiger partial charge in [0.25, 0.3) is 0 Å². The Hall–Kier alpha value is -4.01. The summed E-state index contributed by atoms with van der Waals surface area (Å²) in [6, 6.07) is 28.0. The van der Waals surface area contributed by atoms with E-state index in [1.807, 2.05) is 72.8 Å². The third-order valence-corrected chi connectivity index (χ3v) is 5.49. The lowest BCUT2D eigenvalue weighted by Gasteiger charge is -2.08. The fourth-order valence-electron chi connectivity index (χ4n) is 3.71. The zero-order valence-electron chi connectivity index (χ0n) is 21.4. The number of hydrogen-bond donors (Lipinski definition) is 0. The summed E-state index contributed by atoms with van der Waals surface area (Å²) in [7, 11) is -2.66. The first-order valence-electron chi connectivity index (χ1n) is 12.1. The van der Waals surface area contributed by atoms with E-state index in [0.717, 1.165) is 59.0 Å². The highest BCUT2D eigenvalue weighted by molar-refractivity contribution is 6.50. The second kappa shape index (κ2) is 13.5. The zero-order valence-corrected chi connectivity index (χ0v) is 21.4. The third kappa shape index (κ3) is 8.26. The maximum absolute atomic E-state index is 9.75. The Kier molecular flexibility index (Phi) is 10.2. The van der Waals surface area contributed by atoms with Crippen LogP contribution in [0.2, 0.25) is 0 Å². The summed E-state index contributed by atoms with van der Waals surface area (Å²) in [5.41, 5.74) is 3.87. The number of rotatable bonds is 9. The van der Waals surface area contributed by atoms with E-state index in [0.29, 0.717) is 11.5 Å². The number of methoxy groups -OCH3 is 2. The SMILES string of the molecule is CCCCOc1ccc(-c2cc(-c3ccccc3OC)[o+]c(-c3ccccc3OC)c2)cc1.F[B-](F)(F)F. The highest BCUT2D eigenvalue weighted by Crippen LogP contribution is 2.39.